The predicted molar refractivity (Wildman–Crippen MR) is 92.9 cm³/mol. The number of carbonyl (C=O) groups is 1. The van der Waals surface area contributed by atoms with E-state index in [4.69, 9.17) is 4.52 Å². The third-order valence-corrected chi connectivity index (χ3v) is 3.80. The number of hydrogen-bond donors (Lipinski definition) is 1. The van der Waals surface area contributed by atoms with Gasteiger partial charge in [-0.1, -0.05) is 23.4 Å². The zero-order chi connectivity index (χ0) is 19.9. The maximum absolute atomic E-state index is 12.9. The fraction of sp³-hybridized carbons (Fsp3) is 0.211. The summed E-state index contributed by atoms with van der Waals surface area (Å²) < 4.78 is 47.3. The summed E-state index contributed by atoms with van der Waals surface area (Å²) in [6, 6.07) is 11.8. The number of benzene rings is 2. The first kappa shape index (κ1) is 19.4. The third kappa shape index (κ3) is 5.32. The molecule has 0 aliphatic carbocycles. The molecule has 0 saturated carbocycles. The van der Waals surface area contributed by atoms with Crippen LogP contribution in [0.4, 0.5) is 13.2 Å². The van der Waals surface area contributed by atoms with Crippen molar-refractivity contribution in [1.29, 1.82) is 0 Å². The molecule has 28 heavy (non-hydrogen) atoms. The zero-order valence-corrected chi connectivity index (χ0v) is 14.6. The summed E-state index contributed by atoms with van der Waals surface area (Å²) in [7, 11) is 0. The zero-order valence-electron chi connectivity index (χ0n) is 14.6. The molecule has 9 heteroatoms. The molecule has 0 radical (unpaired) electrons. The molecule has 0 bridgehead atoms. The van der Waals surface area contributed by atoms with E-state index in [2.05, 4.69) is 20.2 Å². The number of carbonyl (C=O) groups excluding carboxylic acids is 1. The monoisotopic (exact) mass is 391 g/mol. The summed E-state index contributed by atoms with van der Waals surface area (Å²) in [4.78, 5) is 16.2. The van der Waals surface area contributed by atoms with Crippen LogP contribution in [0, 0.1) is 5.82 Å². The van der Waals surface area contributed by atoms with Crippen molar-refractivity contribution >= 4 is 5.91 Å². The van der Waals surface area contributed by atoms with Gasteiger partial charge >= 0.3 is 6.61 Å². The van der Waals surface area contributed by atoms with Crippen molar-refractivity contribution in [2.24, 2.45) is 0 Å². The lowest BCUT2D eigenvalue weighted by molar-refractivity contribution is -0.121. The lowest BCUT2D eigenvalue weighted by atomic mass is 10.2. The maximum atomic E-state index is 12.9. The summed E-state index contributed by atoms with van der Waals surface area (Å²) in [5, 5.41) is 6.43. The van der Waals surface area contributed by atoms with E-state index in [9.17, 15) is 18.0 Å². The van der Waals surface area contributed by atoms with Crippen LogP contribution in [0.3, 0.4) is 0 Å². The van der Waals surface area contributed by atoms with Gasteiger partial charge in [0, 0.05) is 30.5 Å². The third-order valence-electron chi connectivity index (χ3n) is 3.80. The highest BCUT2D eigenvalue weighted by atomic mass is 19.3. The number of alkyl halides is 2. The van der Waals surface area contributed by atoms with E-state index >= 15 is 0 Å². The van der Waals surface area contributed by atoms with Gasteiger partial charge < -0.3 is 14.6 Å². The van der Waals surface area contributed by atoms with Crippen molar-refractivity contribution < 1.29 is 27.2 Å². The standard InChI is InChI=1S/C19H16F3N3O3/c20-14-7-5-12(6-8-14)18-24-17(28-25-18)10-9-16(26)23-11-13-3-1-2-4-15(13)27-19(21)22/h1-8,19H,9-11H2,(H,23,26). The Bertz CT molecular complexity index is 929. The van der Waals surface area contributed by atoms with E-state index < -0.39 is 6.61 Å². The molecule has 0 aliphatic rings. The number of halogens is 3. The van der Waals surface area contributed by atoms with Crippen molar-refractivity contribution in [2.45, 2.75) is 26.0 Å². The Morgan fingerprint density at radius 3 is 2.64 bits per heavy atom. The lowest BCUT2D eigenvalue weighted by Crippen LogP contribution is -2.23. The second-order valence-electron chi connectivity index (χ2n) is 5.78. The van der Waals surface area contributed by atoms with Crippen molar-refractivity contribution in [1.82, 2.24) is 15.5 Å². The number of aryl methyl sites for hydroxylation is 1. The van der Waals surface area contributed by atoms with E-state index in [1.54, 1.807) is 18.2 Å². The molecule has 146 valence electrons. The molecule has 1 amide bonds. The summed E-state index contributed by atoms with van der Waals surface area (Å²) >= 11 is 0. The fourth-order valence-electron chi connectivity index (χ4n) is 2.44. The van der Waals surface area contributed by atoms with Crippen LogP contribution in [0.25, 0.3) is 11.4 Å². The van der Waals surface area contributed by atoms with Gasteiger partial charge in [-0.2, -0.15) is 13.8 Å². The number of amides is 1. The Kier molecular flexibility index (Phi) is 6.25. The SMILES string of the molecule is O=C(CCc1nc(-c2ccc(F)cc2)no1)NCc1ccccc1OC(F)F. The highest BCUT2D eigenvalue weighted by Gasteiger charge is 2.12. The molecular weight excluding hydrogens is 375 g/mol. The Labute approximate surface area is 158 Å². The minimum absolute atomic E-state index is 0.0126. The molecule has 0 aliphatic heterocycles. The predicted octanol–water partition coefficient (Wildman–Crippen LogP) is 3.73. The van der Waals surface area contributed by atoms with Crippen LogP contribution in [0.5, 0.6) is 5.75 Å². The van der Waals surface area contributed by atoms with E-state index in [1.807, 2.05) is 0 Å². The number of nitrogens with one attached hydrogen (secondary N) is 1. The summed E-state index contributed by atoms with van der Waals surface area (Å²) in [6.45, 7) is -2.89. The topological polar surface area (TPSA) is 77.2 Å². The van der Waals surface area contributed by atoms with E-state index in [0.717, 1.165) is 0 Å². The van der Waals surface area contributed by atoms with Crippen LogP contribution >= 0.6 is 0 Å². The van der Waals surface area contributed by atoms with Crippen molar-refractivity contribution in [3.05, 3.63) is 65.8 Å². The average molecular weight is 391 g/mol. The van der Waals surface area contributed by atoms with Crippen LogP contribution < -0.4 is 10.1 Å². The van der Waals surface area contributed by atoms with Gasteiger partial charge in [0.2, 0.25) is 17.6 Å². The second-order valence-corrected chi connectivity index (χ2v) is 5.78. The van der Waals surface area contributed by atoms with Gasteiger partial charge in [-0.3, -0.25) is 4.79 Å². The first-order chi connectivity index (χ1) is 13.5. The highest BCUT2D eigenvalue weighted by Crippen LogP contribution is 2.20. The molecule has 2 aromatic carbocycles. The number of para-hydroxylation sites is 1. The van der Waals surface area contributed by atoms with Crippen LogP contribution in [0.2, 0.25) is 0 Å². The average Bonchev–Trinajstić information content (AvgIpc) is 3.15. The quantitative estimate of drug-likeness (QED) is 0.633. The van der Waals surface area contributed by atoms with Gasteiger partial charge in [-0.25, -0.2) is 4.39 Å². The van der Waals surface area contributed by atoms with E-state index in [-0.39, 0.29) is 42.8 Å². The van der Waals surface area contributed by atoms with Gasteiger partial charge in [-0.15, -0.1) is 0 Å². The molecule has 3 aromatic rings. The Morgan fingerprint density at radius 2 is 1.89 bits per heavy atom. The normalized spacial score (nSPS) is 10.9. The van der Waals surface area contributed by atoms with Crippen LogP contribution in [0.1, 0.15) is 17.9 Å². The lowest BCUT2D eigenvalue weighted by Gasteiger charge is -2.11. The Morgan fingerprint density at radius 1 is 1.14 bits per heavy atom. The largest absolute Gasteiger partial charge is 0.434 e. The molecule has 0 atom stereocenters. The van der Waals surface area contributed by atoms with Crippen molar-refractivity contribution in [3.8, 4) is 17.1 Å². The van der Waals surface area contributed by atoms with Gasteiger partial charge in [-0.05, 0) is 30.3 Å². The number of ether oxygens (including phenoxy) is 1. The fourth-order valence-corrected chi connectivity index (χ4v) is 2.44. The Hall–Kier alpha value is -3.36. The first-order valence-electron chi connectivity index (χ1n) is 8.39. The molecule has 0 saturated heterocycles. The number of hydrogen-bond acceptors (Lipinski definition) is 5. The molecule has 0 spiro atoms. The first-order valence-corrected chi connectivity index (χ1v) is 8.39. The maximum Gasteiger partial charge on any atom is 0.387 e. The highest BCUT2D eigenvalue weighted by molar-refractivity contribution is 5.76. The molecule has 1 heterocycles. The molecule has 0 fully saturated rings. The number of aromatic nitrogens is 2. The van der Waals surface area contributed by atoms with Gasteiger partial charge in [0.25, 0.3) is 0 Å². The summed E-state index contributed by atoms with van der Waals surface area (Å²) in [5.74, 6) is -0.110. The number of rotatable bonds is 8. The van der Waals surface area contributed by atoms with Crippen LogP contribution in [-0.4, -0.2) is 22.7 Å². The molecule has 6 nitrogen and oxygen atoms in total. The van der Waals surface area contributed by atoms with Gasteiger partial charge in [0.1, 0.15) is 11.6 Å². The molecule has 1 aromatic heterocycles. The Balaban J connectivity index is 1.51. The summed E-state index contributed by atoms with van der Waals surface area (Å²) in [5.41, 5.74) is 1.03. The molecule has 3 rings (SSSR count). The van der Waals surface area contributed by atoms with Crippen molar-refractivity contribution in [3.63, 3.8) is 0 Å². The summed E-state index contributed by atoms with van der Waals surface area (Å²) in [6.07, 6.45) is 0.276. The smallest absolute Gasteiger partial charge is 0.387 e. The number of nitrogens with zero attached hydrogens (tertiary/aromatic N) is 2. The van der Waals surface area contributed by atoms with E-state index in [0.29, 0.717) is 17.0 Å². The minimum atomic E-state index is -2.94. The van der Waals surface area contributed by atoms with Gasteiger partial charge in [0.15, 0.2) is 0 Å². The molecule has 0 unspecified atom stereocenters. The van der Waals surface area contributed by atoms with Gasteiger partial charge in [0.05, 0.1) is 0 Å². The van der Waals surface area contributed by atoms with Crippen molar-refractivity contribution in [2.75, 3.05) is 0 Å². The van der Waals surface area contributed by atoms with Crippen LogP contribution in [0.15, 0.2) is 53.1 Å². The van der Waals surface area contributed by atoms with Crippen LogP contribution in [-0.2, 0) is 17.8 Å². The molecular formula is C19H16F3N3O3. The minimum Gasteiger partial charge on any atom is -0.434 e. The second kappa shape index (κ2) is 9.03. The molecule has 1 N–H and O–H groups in total. The van der Waals surface area contributed by atoms with E-state index in [1.165, 1.54) is 30.3 Å².